The Hall–Kier alpha value is -6.21. The molecule has 4 heterocycles. The Morgan fingerprint density at radius 3 is 1.86 bits per heavy atom. The normalized spacial score (nSPS) is 11.6. The summed E-state index contributed by atoms with van der Waals surface area (Å²) in [5.74, 6) is 1.86. The molecule has 0 radical (unpaired) electrons. The van der Waals surface area contributed by atoms with Crippen LogP contribution in [0.5, 0.6) is 0 Å². The Morgan fingerprint density at radius 2 is 1.11 bits per heavy atom. The molecule has 0 amide bonds. The summed E-state index contributed by atoms with van der Waals surface area (Å²) in [6.07, 6.45) is 3.45. The smallest absolute Gasteiger partial charge is 0.164 e. The predicted molar refractivity (Wildman–Crippen MR) is 173 cm³/mol. The molecule has 0 aliphatic carbocycles. The summed E-state index contributed by atoms with van der Waals surface area (Å²) < 4.78 is 8.50. The van der Waals surface area contributed by atoms with Gasteiger partial charge in [-0.25, -0.2) is 15.0 Å². The van der Waals surface area contributed by atoms with E-state index in [2.05, 4.69) is 69.4 Å². The van der Waals surface area contributed by atoms with E-state index in [1.165, 1.54) is 0 Å². The Bertz CT molecular complexity index is 2440. The maximum Gasteiger partial charge on any atom is 0.164 e. The van der Waals surface area contributed by atoms with Gasteiger partial charge in [-0.2, -0.15) is 10.2 Å². The summed E-state index contributed by atoms with van der Waals surface area (Å²) in [4.78, 5) is 14.8. The summed E-state index contributed by atoms with van der Waals surface area (Å²) in [5.41, 5.74) is 7.39. The van der Waals surface area contributed by atoms with Crippen molar-refractivity contribution in [2.24, 2.45) is 0 Å². The van der Waals surface area contributed by atoms with Crippen molar-refractivity contribution in [1.82, 2.24) is 29.7 Å². The number of furan rings is 1. The molecule has 0 spiro atoms. The Balaban J connectivity index is 1.31. The van der Waals surface area contributed by atoms with Gasteiger partial charge in [0, 0.05) is 33.2 Å². The number of rotatable bonds is 4. The third-order valence-corrected chi connectivity index (χ3v) is 8.04. The van der Waals surface area contributed by atoms with E-state index in [-0.39, 0.29) is 0 Å². The fraction of sp³-hybridized carbons (Fsp3) is 0. The standard InChI is InChI=1S/C37H22N6O/c1-3-10-23(11-4-1)35-40-36(24-12-5-2-6-13-24)42-37(41-35)25-14-9-15-26(20-25)43-30-17-8-7-16-27(30)28-18-19-31-33(34(28)43)29-21-38-39-22-32(29)44-31/h1-22H. The van der Waals surface area contributed by atoms with Crippen LogP contribution >= 0.6 is 0 Å². The van der Waals surface area contributed by atoms with Crippen LogP contribution in [0.25, 0.3) is 83.6 Å². The van der Waals surface area contributed by atoms with E-state index in [4.69, 9.17) is 19.4 Å². The van der Waals surface area contributed by atoms with Crippen molar-refractivity contribution in [3.05, 3.63) is 134 Å². The lowest BCUT2D eigenvalue weighted by Crippen LogP contribution is -2.01. The van der Waals surface area contributed by atoms with Crippen LogP contribution in [0.4, 0.5) is 0 Å². The average molecular weight is 567 g/mol. The van der Waals surface area contributed by atoms with Crippen LogP contribution in [0, 0.1) is 0 Å². The minimum atomic E-state index is 0.606. The number of hydrogen-bond donors (Lipinski definition) is 0. The lowest BCUT2D eigenvalue weighted by Gasteiger charge is -2.12. The first-order chi connectivity index (χ1) is 21.8. The second kappa shape index (κ2) is 9.68. The highest BCUT2D eigenvalue weighted by molar-refractivity contribution is 6.24. The summed E-state index contributed by atoms with van der Waals surface area (Å²) >= 11 is 0. The number of nitrogens with zero attached hydrogens (tertiary/aromatic N) is 6. The van der Waals surface area contributed by atoms with Crippen LogP contribution in [0.2, 0.25) is 0 Å². The molecule has 0 aliphatic rings. The van der Waals surface area contributed by atoms with E-state index in [1.54, 1.807) is 12.4 Å². The van der Waals surface area contributed by atoms with E-state index in [1.807, 2.05) is 66.7 Å². The van der Waals surface area contributed by atoms with Crippen molar-refractivity contribution in [2.45, 2.75) is 0 Å². The highest BCUT2D eigenvalue weighted by atomic mass is 16.3. The third kappa shape index (κ3) is 3.80. The second-order valence-corrected chi connectivity index (χ2v) is 10.6. The van der Waals surface area contributed by atoms with Gasteiger partial charge in [-0.15, -0.1) is 0 Å². The molecule has 206 valence electrons. The molecule has 0 N–H and O–H groups in total. The molecular formula is C37H22N6O. The zero-order chi connectivity index (χ0) is 29.0. The molecule has 9 rings (SSSR count). The minimum Gasteiger partial charge on any atom is -0.454 e. The zero-order valence-corrected chi connectivity index (χ0v) is 23.3. The second-order valence-electron chi connectivity index (χ2n) is 10.6. The van der Waals surface area contributed by atoms with E-state index >= 15 is 0 Å². The number of fused-ring (bicyclic) bond motifs is 7. The molecule has 7 heteroatoms. The molecule has 9 aromatic rings. The molecule has 0 bridgehead atoms. The van der Waals surface area contributed by atoms with Gasteiger partial charge in [0.05, 0.1) is 34.2 Å². The van der Waals surface area contributed by atoms with Crippen LogP contribution in [-0.4, -0.2) is 29.7 Å². The van der Waals surface area contributed by atoms with Gasteiger partial charge in [-0.3, -0.25) is 0 Å². The molecule has 44 heavy (non-hydrogen) atoms. The van der Waals surface area contributed by atoms with E-state index in [0.717, 1.165) is 60.5 Å². The third-order valence-electron chi connectivity index (χ3n) is 8.04. The lowest BCUT2D eigenvalue weighted by atomic mass is 10.1. The summed E-state index contributed by atoms with van der Waals surface area (Å²) in [7, 11) is 0. The molecule has 0 saturated carbocycles. The van der Waals surface area contributed by atoms with Gasteiger partial charge in [0.1, 0.15) is 5.58 Å². The molecular weight excluding hydrogens is 544 g/mol. The van der Waals surface area contributed by atoms with Gasteiger partial charge in [-0.05, 0) is 30.3 Å². The van der Waals surface area contributed by atoms with E-state index in [0.29, 0.717) is 23.1 Å². The van der Waals surface area contributed by atoms with Crippen LogP contribution in [0.15, 0.2) is 138 Å². The maximum absolute atomic E-state index is 6.21. The highest BCUT2D eigenvalue weighted by Gasteiger charge is 2.20. The van der Waals surface area contributed by atoms with Crippen LogP contribution in [-0.2, 0) is 0 Å². The summed E-state index contributed by atoms with van der Waals surface area (Å²) in [6.45, 7) is 0. The van der Waals surface area contributed by atoms with Gasteiger partial charge in [0.25, 0.3) is 0 Å². The number of benzene rings is 5. The van der Waals surface area contributed by atoms with Crippen molar-refractivity contribution in [3.63, 3.8) is 0 Å². The van der Waals surface area contributed by atoms with Crippen molar-refractivity contribution in [1.29, 1.82) is 0 Å². The van der Waals surface area contributed by atoms with Crippen LogP contribution in [0.3, 0.4) is 0 Å². The first-order valence-corrected chi connectivity index (χ1v) is 14.3. The number of para-hydroxylation sites is 1. The molecule has 4 aromatic heterocycles. The summed E-state index contributed by atoms with van der Waals surface area (Å²) in [6, 6.07) is 41.0. The van der Waals surface area contributed by atoms with Crippen molar-refractivity contribution >= 4 is 43.7 Å². The Kier molecular flexibility index (Phi) is 5.36. The first kappa shape index (κ1) is 24.4. The van der Waals surface area contributed by atoms with Gasteiger partial charge < -0.3 is 8.98 Å². The molecule has 0 atom stereocenters. The Labute approximate surface area is 251 Å². The van der Waals surface area contributed by atoms with Gasteiger partial charge in [0.15, 0.2) is 23.1 Å². The molecule has 0 unspecified atom stereocenters. The molecule has 5 aromatic carbocycles. The molecule has 0 fully saturated rings. The van der Waals surface area contributed by atoms with E-state index < -0.39 is 0 Å². The SMILES string of the molecule is c1ccc(-c2nc(-c3ccccc3)nc(-c3cccc(-n4c5ccccc5c5ccc6oc7cnncc7c6c54)c3)n2)cc1. The van der Waals surface area contributed by atoms with Crippen molar-refractivity contribution < 1.29 is 4.42 Å². The molecule has 0 aliphatic heterocycles. The maximum atomic E-state index is 6.21. The van der Waals surface area contributed by atoms with Gasteiger partial charge in [0.2, 0.25) is 0 Å². The molecule has 0 saturated heterocycles. The monoisotopic (exact) mass is 566 g/mol. The van der Waals surface area contributed by atoms with Crippen molar-refractivity contribution in [3.8, 4) is 39.9 Å². The first-order valence-electron chi connectivity index (χ1n) is 14.3. The lowest BCUT2D eigenvalue weighted by molar-refractivity contribution is 0.665. The van der Waals surface area contributed by atoms with Crippen molar-refractivity contribution in [2.75, 3.05) is 0 Å². The highest BCUT2D eigenvalue weighted by Crippen LogP contribution is 2.40. The van der Waals surface area contributed by atoms with Gasteiger partial charge >= 0.3 is 0 Å². The predicted octanol–water partition coefficient (Wildman–Crippen LogP) is 8.66. The van der Waals surface area contributed by atoms with Gasteiger partial charge in [-0.1, -0.05) is 91.0 Å². The quantitative estimate of drug-likeness (QED) is 0.212. The Morgan fingerprint density at radius 1 is 0.477 bits per heavy atom. The average Bonchev–Trinajstić information content (AvgIpc) is 3.65. The largest absolute Gasteiger partial charge is 0.454 e. The fourth-order valence-electron chi connectivity index (χ4n) is 6.07. The fourth-order valence-corrected chi connectivity index (χ4v) is 6.07. The van der Waals surface area contributed by atoms with E-state index in [9.17, 15) is 0 Å². The minimum absolute atomic E-state index is 0.606. The number of hydrogen-bond acceptors (Lipinski definition) is 6. The van der Waals surface area contributed by atoms with Crippen LogP contribution < -0.4 is 0 Å². The topological polar surface area (TPSA) is 82.5 Å². The molecule has 7 nitrogen and oxygen atoms in total. The number of aromatic nitrogens is 6. The zero-order valence-electron chi connectivity index (χ0n) is 23.3. The van der Waals surface area contributed by atoms with Crippen LogP contribution in [0.1, 0.15) is 0 Å². The summed E-state index contributed by atoms with van der Waals surface area (Å²) in [5, 5.41) is 12.4.